The van der Waals surface area contributed by atoms with Crippen LogP contribution < -0.4 is 5.32 Å². The summed E-state index contributed by atoms with van der Waals surface area (Å²) in [5.41, 5.74) is 1.19. The summed E-state index contributed by atoms with van der Waals surface area (Å²) < 4.78 is 0.800. The van der Waals surface area contributed by atoms with Crippen LogP contribution in [-0.4, -0.2) is 22.5 Å². The van der Waals surface area contributed by atoms with Gasteiger partial charge in [0.15, 0.2) is 0 Å². The summed E-state index contributed by atoms with van der Waals surface area (Å²) >= 11 is 5.34. The van der Waals surface area contributed by atoms with Crippen molar-refractivity contribution in [1.82, 2.24) is 5.32 Å². The molecule has 19 heavy (non-hydrogen) atoms. The second kappa shape index (κ2) is 6.72. The Kier molecular flexibility index (Phi) is 5.24. The van der Waals surface area contributed by atoms with E-state index in [-0.39, 0.29) is 10.6 Å². The maximum absolute atomic E-state index is 10.7. The lowest BCUT2D eigenvalue weighted by atomic mass is 10.2. The molecule has 0 aliphatic heterocycles. The lowest BCUT2D eigenvalue weighted by Gasteiger charge is -2.13. The minimum Gasteiger partial charge on any atom is -0.310 e. The van der Waals surface area contributed by atoms with E-state index in [9.17, 15) is 10.1 Å². The molecule has 1 aliphatic carbocycles. The normalized spacial score (nSPS) is 22.6. The second-order valence-corrected chi connectivity index (χ2v) is 6.77. The van der Waals surface area contributed by atoms with E-state index in [1.54, 1.807) is 12.1 Å². The quantitative estimate of drug-likeness (QED) is 0.653. The van der Waals surface area contributed by atoms with Crippen LogP contribution in [0.2, 0.25) is 0 Å². The molecule has 1 aliphatic rings. The zero-order chi connectivity index (χ0) is 13.8. The molecule has 6 heteroatoms. The number of nitro benzene ring substituents is 1. The van der Waals surface area contributed by atoms with E-state index in [1.165, 1.54) is 19.3 Å². The van der Waals surface area contributed by atoms with Crippen molar-refractivity contribution < 1.29 is 4.92 Å². The highest BCUT2D eigenvalue weighted by atomic mass is 79.9. The number of thioether (sulfide) groups is 1. The summed E-state index contributed by atoms with van der Waals surface area (Å²) in [6.07, 6.45) is 5.88. The fourth-order valence-corrected chi connectivity index (χ4v) is 3.69. The molecule has 1 saturated carbocycles. The van der Waals surface area contributed by atoms with E-state index in [0.717, 1.165) is 21.8 Å². The van der Waals surface area contributed by atoms with Crippen LogP contribution in [-0.2, 0) is 6.54 Å². The Labute approximate surface area is 125 Å². The summed E-state index contributed by atoms with van der Waals surface area (Å²) in [5.74, 6) is 0. The summed E-state index contributed by atoms with van der Waals surface area (Å²) in [4.78, 5) is 10.3. The molecule has 1 fully saturated rings. The first-order chi connectivity index (χ1) is 9.10. The Morgan fingerprint density at radius 3 is 2.89 bits per heavy atom. The van der Waals surface area contributed by atoms with Crippen molar-refractivity contribution >= 4 is 33.4 Å². The maximum Gasteiger partial charge on any atom is 0.270 e. The van der Waals surface area contributed by atoms with Gasteiger partial charge in [-0.25, -0.2) is 0 Å². The second-order valence-electron chi connectivity index (χ2n) is 4.78. The summed E-state index contributed by atoms with van der Waals surface area (Å²) in [6, 6.07) is 5.51. The summed E-state index contributed by atoms with van der Waals surface area (Å²) in [6.45, 7) is 0.754. The number of non-ortho nitro benzene ring substituents is 1. The Hall–Kier alpha value is -0.590. The third kappa shape index (κ3) is 3.94. The van der Waals surface area contributed by atoms with Gasteiger partial charge in [-0.1, -0.05) is 15.9 Å². The lowest BCUT2D eigenvalue weighted by molar-refractivity contribution is -0.384. The molecule has 0 saturated heterocycles. The Bertz CT molecular complexity index is 470. The SMILES string of the molecule is CSC1CCC(NCc2ccc([N+](=O)[O-])cc2Br)C1. The molecule has 0 aromatic heterocycles. The molecule has 4 nitrogen and oxygen atoms in total. The number of nitrogens with zero attached hydrogens (tertiary/aromatic N) is 1. The molecule has 1 aromatic rings. The zero-order valence-corrected chi connectivity index (χ0v) is 13.2. The van der Waals surface area contributed by atoms with Crippen molar-refractivity contribution in [3.8, 4) is 0 Å². The van der Waals surface area contributed by atoms with Crippen molar-refractivity contribution in [3.63, 3.8) is 0 Å². The summed E-state index contributed by atoms with van der Waals surface area (Å²) in [7, 11) is 0. The predicted octanol–water partition coefficient (Wildman–Crippen LogP) is 3.73. The molecule has 0 spiro atoms. The molecule has 0 amide bonds. The van der Waals surface area contributed by atoms with Crippen LogP contribution in [0.4, 0.5) is 5.69 Å². The standard InChI is InChI=1S/C13H17BrN2O2S/c1-19-12-5-3-10(6-12)15-8-9-2-4-11(16(17)18)7-13(9)14/h2,4,7,10,12,15H,3,5-6,8H2,1H3. The van der Waals surface area contributed by atoms with E-state index in [1.807, 2.05) is 17.8 Å². The van der Waals surface area contributed by atoms with Gasteiger partial charge in [0, 0.05) is 34.4 Å². The van der Waals surface area contributed by atoms with Crippen molar-refractivity contribution in [2.75, 3.05) is 6.26 Å². The van der Waals surface area contributed by atoms with E-state index in [0.29, 0.717) is 6.04 Å². The molecule has 1 aromatic carbocycles. The van der Waals surface area contributed by atoms with Gasteiger partial charge in [0.05, 0.1) is 4.92 Å². The number of hydrogen-bond donors (Lipinski definition) is 1. The Balaban J connectivity index is 1.91. The van der Waals surface area contributed by atoms with Crippen LogP contribution in [0.3, 0.4) is 0 Å². The zero-order valence-electron chi connectivity index (χ0n) is 10.8. The average Bonchev–Trinajstić information content (AvgIpc) is 2.85. The molecule has 2 unspecified atom stereocenters. The molecule has 2 rings (SSSR count). The first kappa shape index (κ1) is 14.8. The highest BCUT2D eigenvalue weighted by Gasteiger charge is 2.23. The minimum atomic E-state index is -0.373. The number of nitrogens with one attached hydrogen (secondary N) is 1. The fourth-order valence-electron chi connectivity index (χ4n) is 2.39. The van der Waals surface area contributed by atoms with Gasteiger partial charge in [0.25, 0.3) is 5.69 Å². The van der Waals surface area contributed by atoms with Crippen molar-refractivity contribution in [3.05, 3.63) is 38.3 Å². The van der Waals surface area contributed by atoms with E-state index in [2.05, 4.69) is 27.5 Å². The van der Waals surface area contributed by atoms with Crippen molar-refractivity contribution in [1.29, 1.82) is 0 Å². The number of halogens is 1. The number of nitro groups is 1. The average molecular weight is 345 g/mol. The highest BCUT2D eigenvalue weighted by molar-refractivity contribution is 9.10. The van der Waals surface area contributed by atoms with Gasteiger partial charge in [0.1, 0.15) is 0 Å². The lowest BCUT2D eigenvalue weighted by Crippen LogP contribution is -2.26. The van der Waals surface area contributed by atoms with Gasteiger partial charge in [-0.05, 0) is 37.1 Å². The first-order valence-electron chi connectivity index (χ1n) is 6.29. The van der Waals surface area contributed by atoms with Gasteiger partial charge in [-0.3, -0.25) is 10.1 Å². The molecule has 0 radical (unpaired) electrons. The van der Waals surface area contributed by atoms with Crippen LogP contribution >= 0.6 is 27.7 Å². The third-order valence-electron chi connectivity index (χ3n) is 3.55. The largest absolute Gasteiger partial charge is 0.310 e. The monoisotopic (exact) mass is 344 g/mol. The summed E-state index contributed by atoms with van der Waals surface area (Å²) in [5, 5.41) is 15.0. The molecular weight excluding hydrogens is 328 g/mol. The van der Waals surface area contributed by atoms with E-state index in [4.69, 9.17) is 0 Å². The van der Waals surface area contributed by atoms with Crippen molar-refractivity contribution in [2.45, 2.75) is 37.1 Å². The van der Waals surface area contributed by atoms with Crippen LogP contribution in [0.25, 0.3) is 0 Å². The smallest absolute Gasteiger partial charge is 0.270 e. The van der Waals surface area contributed by atoms with Gasteiger partial charge in [0.2, 0.25) is 0 Å². The maximum atomic E-state index is 10.7. The molecule has 1 N–H and O–H groups in total. The van der Waals surface area contributed by atoms with Gasteiger partial charge in [-0.15, -0.1) is 0 Å². The number of hydrogen-bond acceptors (Lipinski definition) is 4. The van der Waals surface area contributed by atoms with Gasteiger partial charge in [-0.2, -0.15) is 11.8 Å². The highest BCUT2D eigenvalue weighted by Crippen LogP contribution is 2.29. The third-order valence-corrected chi connectivity index (χ3v) is 5.38. The minimum absolute atomic E-state index is 0.124. The van der Waals surface area contributed by atoms with E-state index >= 15 is 0 Å². The van der Waals surface area contributed by atoms with Gasteiger partial charge >= 0.3 is 0 Å². The van der Waals surface area contributed by atoms with Crippen LogP contribution in [0.5, 0.6) is 0 Å². The van der Waals surface area contributed by atoms with Crippen molar-refractivity contribution in [2.24, 2.45) is 0 Å². The van der Waals surface area contributed by atoms with Gasteiger partial charge < -0.3 is 5.32 Å². The molecular formula is C13H17BrN2O2S. The Morgan fingerprint density at radius 1 is 1.53 bits per heavy atom. The Morgan fingerprint density at radius 2 is 2.32 bits per heavy atom. The van der Waals surface area contributed by atoms with E-state index < -0.39 is 0 Å². The first-order valence-corrected chi connectivity index (χ1v) is 8.37. The van der Waals surface area contributed by atoms with Crippen LogP contribution in [0, 0.1) is 10.1 Å². The van der Waals surface area contributed by atoms with Crippen LogP contribution in [0.1, 0.15) is 24.8 Å². The number of benzene rings is 1. The molecule has 104 valence electrons. The fraction of sp³-hybridized carbons (Fsp3) is 0.538. The number of rotatable bonds is 5. The molecule has 0 bridgehead atoms. The molecule has 2 atom stereocenters. The molecule has 0 heterocycles. The predicted molar refractivity (Wildman–Crippen MR) is 82.6 cm³/mol. The van der Waals surface area contributed by atoms with Crippen LogP contribution in [0.15, 0.2) is 22.7 Å². The topological polar surface area (TPSA) is 55.2 Å².